The van der Waals surface area contributed by atoms with Crippen LogP contribution in [0.25, 0.3) is 0 Å². The summed E-state index contributed by atoms with van der Waals surface area (Å²) in [5.74, 6) is 0. The molecule has 0 aliphatic heterocycles. The molecule has 0 saturated heterocycles. The van der Waals surface area contributed by atoms with Crippen molar-refractivity contribution in [3.8, 4) is 0 Å². The SMILES string of the molecule is OC(Cc1cccc(Br)c1)c1ccc(Cl)s1. The Balaban J connectivity index is 2.10. The first-order chi connectivity index (χ1) is 7.65. The predicted octanol–water partition coefficient (Wildman–Crippen LogP) is 4.44. The highest BCUT2D eigenvalue weighted by Gasteiger charge is 2.11. The Hall–Kier alpha value is -0.350. The maximum Gasteiger partial charge on any atom is 0.0932 e. The van der Waals surface area contributed by atoms with E-state index >= 15 is 0 Å². The van der Waals surface area contributed by atoms with Crippen molar-refractivity contribution in [3.63, 3.8) is 0 Å². The fourth-order valence-electron chi connectivity index (χ4n) is 1.50. The second-order valence-electron chi connectivity index (χ2n) is 3.49. The van der Waals surface area contributed by atoms with E-state index in [2.05, 4.69) is 15.9 Å². The van der Waals surface area contributed by atoms with Gasteiger partial charge >= 0.3 is 0 Å². The van der Waals surface area contributed by atoms with Gasteiger partial charge in [0.25, 0.3) is 0 Å². The third-order valence-electron chi connectivity index (χ3n) is 2.24. The quantitative estimate of drug-likeness (QED) is 0.887. The van der Waals surface area contributed by atoms with Crippen molar-refractivity contribution < 1.29 is 5.11 Å². The minimum absolute atomic E-state index is 0.480. The monoisotopic (exact) mass is 316 g/mol. The molecule has 2 aromatic rings. The first kappa shape index (κ1) is 12.1. The van der Waals surface area contributed by atoms with Crippen LogP contribution in [-0.4, -0.2) is 5.11 Å². The minimum Gasteiger partial charge on any atom is -0.387 e. The zero-order valence-corrected chi connectivity index (χ0v) is 11.5. The van der Waals surface area contributed by atoms with E-state index in [4.69, 9.17) is 11.6 Å². The average Bonchev–Trinajstić information content (AvgIpc) is 2.65. The molecule has 2 rings (SSSR count). The number of aliphatic hydroxyl groups is 1. The van der Waals surface area contributed by atoms with Crippen molar-refractivity contribution in [2.24, 2.45) is 0 Å². The van der Waals surface area contributed by atoms with E-state index in [9.17, 15) is 5.11 Å². The van der Waals surface area contributed by atoms with Gasteiger partial charge in [-0.1, -0.05) is 39.7 Å². The van der Waals surface area contributed by atoms with Crippen molar-refractivity contribution in [2.45, 2.75) is 12.5 Å². The summed E-state index contributed by atoms with van der Waals surface area (Å²) >= 11 is 10.7. The third kappa shape index (κ3) is 3.08. The second kappa shape index (κ2) is 5.32. The van der Waals surface area contributed by atoms with Gasteiger partial charge in [0.05, 0.1) is 10.4 Å². The van der Waals surface area contributed by atoms with E-state index in [0.717, 1.165) is 14.9 Å². The van der Waals surface area contributed by atoms with Gasteiger partial charge in [-0.25, -0.2) is 0 Å². The zero-order chi connectivity index (χ0) is 11.5. The highest BCUT2D eigenvalue weighted by atomic mass is 79.9. The van der Waals surface area contributed by atoms with Gasteiger partial charge in [-0.3, -0.25) is 0 Å². The standard InChI is InChI=1S/C12H10BrClOS/c13-9-3-1-2-8(6-9)7-10(15)11-4-5-12(14)16-11/h1-6,10,15H,7H2. The molecule has 16 heavy (non-hydrogen) atoms. The minimum atomic E-state index is -0.480. The molecule has 1 heterocycles. The van der Waals surface area contributed by atoms with Crippen LogP contribution in [0.5, 0.6) is 0 Å². The summed E-state index contributed by atoms with van der Waals surface area (Å²) in [5, 5.41) is 10.0. The summed E-state index contributed by atoms with van der Waals surface area (Å²) in [7, 11) is 0. The Kier molecular flexibility index (Phi) is 4.03. The summed E-state index contributed by atoms with van der Waals surface area (Å²) < 4.78 is 1.74. The van der Waals surface area contributed by atoms with E-state index < -0.39 is 6.10 Å². The topological polar surface area (TPSA) is 20.2 Å². The lowest BCUT2D eigenvalue weighted by Crippen LogP contribution is -1.99. The normalized spacial score (nSPS) is 12.7. The molecule has 1 nitrogen and oxygen atoms in total. The average molecular weight is 318 g/mol. The van der Waals surface area contributed by atoms with E-state index in [1.54, 1.807) is 0 Å². The summed E-state index contributed by atoms with van der Waals surface area (Å²) in [5.41, 5.74) is 1.10. The molecule has 1 unspecified atom stereocenters. The van der Waals surface area contributed by atoms with Gasteiger partial charge in [-0.05, 0) is 29.8 Å². The molecular formula is C12H10BrClOS. The van der Waals surface area contributed by atoms with E-state index in [-0.39, 0.29) is 0 Å². The lowest BCUT2D eigenvalue weighted by atomic mass is 10.1. The van der Waals surface area contributed by atoms with Crippen LogP contribution in [0.4, 0.5) is 0 Å². The molecule has 4 heteroatoms. The van der Waals surface area contributed by atoms with Crippen molar-refractivity contribution in [1.29, 1.82) is 0 Å². The molecule has 1 N–H and O–H groups in total. The largest absolute Gasteiger partial charge is 0.387 e. The number of rotatable bonds is 3. The molecule has 0 saturated carbocycles. The molecule has 84 valence electrons. The molecule has 0 aliphatic rings. The fourth-order valence-corrected chi connectivity index (χ4v) is 2.99. The second-order valence-corrected chi connectivity index (χ2v) is 6.15. The lowest BCUT2D eigenvalue weighted by Gasteiger charge is -2.08. The Labute approximate surface area is 112 Å². The van der Waals surface area contributed by atoms with Gasteiger partial charge in [0.15, 0.2) is 0 Å². The maximum atomic E-state index is 10.0. The van der Waals surface area contributed by atoms with Crippen LogP contribution in [0.2, 0.25) is 4.34 Å². The smallest absolute Gasteiger partial charge is 0.0932 e. The molecule has 1 aromatic heterocycles. The highest BCUT2D eigenvalue weighted by molar-refractivity contribution is 9.10. The van der Waals surface area contributed by atoms with Gasteiger partial charge in [0.1, 0.15) is 0 Å². The molecule has 0 fully saturated rings. The Morgan fingerprint density at radius 1 is 1.31 bits per heavy atom. The summed E-state index contributed by atoms with van der Waals surface area (Å²) in [6.45, 7) is 0. The Morgan fingerprint density at radius 3 is 2.75 bits per heavy atom. The van der Waals surface area contributed by atoms with Crippen molar-refractivity contribution in [2.75, 3.05) is 0 Å². The maximum absolute atomic E-state index is 10.0. The van der Waals surface area contributed by atoms with Crippen LogP contribution in [0.15, 0.2) is 40.9 Å². The number of hydrogen-bond donors (Lipinski definition) is 1. The van der Waals surface area contributed by atoms with Crippen LogP contribution in [0.1, 0.15) is 16.5 Å². The molecule has 0 spiro atoms. The van der Waals surface area contributed by atoms with Crippen LogP contribution >= 0.6 is 38.9 Å². The van der Waals surface area contributed by atoms with Gasteiger partial charge in [0, 0.05) is 15.8 Å². The van der Waals surface area contributed by atoms with E-state index in [1.165, 1.54) is 11.3 Å². The van der Waals surface area contributed by atoms with Gasteiger partial charge in [-0.2, -0.15) is 0 Å². The van der Waals surface area contributed by atoms with Crippen molar-refractivity contribution in [1.82, 2.24) is 0 Å². The van der Waals surface area contributed by atoms with Gasteiger partial charge in [0.2, 0.25) is 0 Å². The number of aliphatic hydroxyl groups excluding tert-OH is 1. The number of hydrogen-bond acceptors (Lipinski definition) is 2. The predicted molar refractivity (Wildman–Crippen MR) is 72.1 cm³/mol. The molecule has 0 aliphatic carbocycles. The van der Waals surface area contributed by atoms with E-state index in [0.29, 0.717) is 10.8 Å². The Morgan fingerprint density at radius 2 is 2.12 bits per heavy atom. The zero-order valence-electron chi connectivity index (χ0n) is 8.36. The number of halogens is 2. The third-order valence-corrected chi connectivity index (χ3v) is 4.07. The molecule has 0 radical (unpaired) electrons. The van der Waals surface area contributed by atoms with Crippen molar-refractivity contribution >= 4 is 38.9 Å². The van der Waals surface area contributed by atoms with Gasteiger partial charge < -0.3 is 5.11 Å². The van der Waals surface area contributed by atoms with Crippen molar-refractivity contribution in [3.05, 3.63) is 55.6 Å². The first-order valence-corrected chi connectivity index (χ1v) is 6.81. The molecule has 1 aromatic carbocycles. The molecule has 1 atom stereocenters. The highest BCUT2D eigenvalue weighted by Crippen LogP contribution is 2.29. The summed E-state index contributed by atoms with van der Waals surface area (Å²) in [6.07, 6.45) is 0.128. The lowest BCUT2D eigenvalue weighted by molar-refractivity contribution is 0.182. The van der Waals surface area contributed by atoms with Crippen LogP contribution in [-0.2, 0) is 6.42 Å². The molecular weight excluding hydrogens is 308 g/mol. The van der Waals surface area contributed by atoms with Gasteiger partial charge in [-0.15, -0.1) is 11.3 Å². The molecule has 0 amide bonds. The van der Waals surface area contributed by atoms with Crippen LogP contribution < -0.4 is 0 Å². The number of thiophene rings is 1. The Bertz CT molecular complexity index is 483. The summed E-state index contributed by atoms with van der Waals surface area (Å²) in [6, 6.07) is 11.6. The van der Waals surface area contributed by atoms with Crippen LogP contribution in [0, 0.1) is 0 Å². The van der Waals surface area contributed by atoms with Crippen LogP contribution in [0.3, 0.4) is 0 Å². The van der Waals surface area contributed by atoms with E-state index in [1.807, 2.05) is 36.4 Å². The summed E-state index contributed by atoms with van der Waals surface area (Å²) in [4.78, 5) is 0.907. The first-order valence-electron chi connectivity index (χ1n) is 4.83. The molecule has 0 bridgehead atoms. The number of benzene rings is 1. The fraction of sp³-hybridized carbons (Fsp3) is 0.167.